The molecule has 0 aromatic heterocycles. The maximum atomic E-state index is 12.2. The molecule has 2 aromatic rings. The number of hydrogen-bond donors (Lipinski definition) is 2. The van der Waals surface area contributed by atoms with Gasteiger partial charge >= 0.3 is 6.09 Å². The summed E-state index contributed by atoms with van der Waals surface area (Å²) in [6.07, 6.45) is 11.2. The molecule has 0 radical (unpaired) electrons. The third-order valence-electron chi connectivity index (χ3n) is 6.69. The quantitative estimate of drug-likeness (QED) is 0.197. The number of nitrogens with one attached hydrogen (secondary N) is 1. The molecule has 0 fully saturated rings. The van der Waals surface area contributed by atoms with Gasteiger partial charge in [-0.2, -0.15) is 8.42 Å². The average Bonchev–Trinajstić information content (AvgIpc) is 3.16. The minimum Gasteiger partial charge on any atom is -0.449 e. The van der Waals surface area contributed by atoms with Gasteiger partial charge in [0.2, 0.25) is 0 Å². The van der Waals surface area contributed by atoms with Crippen LogP contribution in [0.15, 0.2) is 48.5 Å². The minimum atomic E-state index is -3.80. The minimum absolute atomic E-state index is 0.0878. The molecule has 0 atom stereocenters. The fourth-order valence-electron chi connectivity index (χ4n) is 4.84. The summed E-state index contributed by atoms with van der Waals surface area (Å²) in [5.74, 6) is -0.0341. The first-order valence-corrected chi connectivity index (χ1v) is 14.6. The number of alkyl carbamates (subject to hydrolysis) is 1. The van der Waals surface area contributed by atoms with E-state index in [1.54, 1.807) is 0 Å². The molecule has 1 aliphatic carbocycles. The SMILES string of the molecule is O=C(NCCCCCCCCCCCCCS(=O)(=O)O)OCC1c2ccccc2-c2ccccc21. The van der Waals surface area contributed by atoms with Crippen LogP contribution in [-0.2, 0) is 14.9 Å². The van der Waals surface area contributed by atoms with Gasteiger partial charge in [-0.3, -0.25) is 4.55 Å². The molecule has 0 spiro atoms. The van der Waals surface area contributed by atoms with Gasteiger partial charge in [-0.25, -0.2) is 4.79 Å². The number of fused-ring (bicyclic) bond motifs is 3. The molecule has 2 aromatic carbocycles. The van der Waals surface area contributed by atoms with Crippen LogP contribution >= 0.6 is 0 Å². The van der Waals surface area contributed by atoms with Crippen molar-refractivity contribution in [3.63, 3.8) is 0 Å². The smallest absolute Gasteiger partial charge is 0.407 e. The first-order valence-electron chi connectivity index (χ1n) is 13.0. The zero-order valence-electron chi connectivity index (χ0n) is 20.6. The Labute approximate surface area is 210 Å². The van der Waals surface area contributed by atoms with Gasteiger partial charge in [0.15, 0.2) is 0 Å². The van der Waals surface area contributed by atoms with Crippen molar-refractivity contribution in [2.45, 2.75) is 76.5 Å². The van der Waals surface area contributed by atoms with E-state index in [9.17, 15) is 13.2 Å². The Morgan fingerprint density at radius 1 is 0.743 bits per heavy atom. The molecule has 0 saturated carbocycles. The Balaban J connectivity index is 1.18. The Hall–Kier alpha value is -2.38. The molecule has 0 unspecified atom stereocenters. The van der Waals surface area contributed by atoms with E-state index in [0.717, 1.165) is 32.1 Å². The van der Waals surface area contributed by atoms with E-state index in [1.807, 2.05) is 24.3 Å². The normalized spacial score (nSPS) is 12.8. The second-order valence-electron chi connectivity index (χ2n) is 9.43. The van der Waals surface area contributed by atoms with Crippen LogP contribution in [0, 0.1) is 0 Å². The van der Waals surface area contributed by atoms with Crippen molar-refractivity contribution in [3.8, 4) is 11.1 Å². The molecule has 0 aliphatic heterocycles. The van der Waals surface area contributed by atoms with Gasteiger partial charge < -0.3 is 10.1 Å². The number of ether oxygens (including phenoxy) is 1. The highest BCUT2D eigenvalue weighted by atomic mass is 32.2. The Morgan fingerprint density at radius 3 is 1.71 bits per heavy atom. The number of unbranched alkanes of at least 4 members (excludes halogenated alkanes) is 10. The van der Waals surface area contributed by atoms with Crippen LogP contribution in [0.2, 0.25) is 0 Å². The van der Waals surface area contributed by atoms with E-state index in [2.05, 4.69) is 29.6 Å². The fourth-order valence-corrected chi connectivity index (χ4v) is 5.41. The molecule has 0 saturated heterocycles. The molecule has 6 nitrogen and oxygen atoms in total. The second-order valence-corrected chi connectivity index (χ2v) is 11.0. The van der Waals surface area contributed by atoms with Crippen LogP contribution < -0.4 is 5.32 Å². The molecule has 2 N–H and O–H groups in total. The molecule has 0 heterocycles. The summed E-state index contributed by atoms with van der Waals surface area (Å²) in [6, 6.07) is 16.7. The number of amides is 1. The van der Waals surface area contributed by atoms with Gasteiger partial charge in [-0.15, -0.1) is 0 Å². The largest absolute Gasteiger partial charge is 0.449 e. The maximum Gasteiger partial charge on any atom is 0.407 e. The highest BCUT2D eigenvalue weighted by Gasteiger charge is 2.28. The monoisotopic (exact) mass is 501 g/mol. The molecular formula is C28H39NO5S. The van der Waals surface area contributed by atoms with Crippen molar-refractivity contribution in [1.82, 2.24) is 5.32 Å². The van der Waals surface area contributed by atoms with Crippen molar-refractivity contribution in [1.29, 1.82) is 0 Å². The number of hydrogen-bond acceptors (Lipinski definition) is 4. The molecule has 3 rings (SSSR count). The summed E-state index contributed by atoms with van der Waals surface area (Å²) in [5.41, 5.74) is 4.90. The Bertz CT molecular complexity index is 992. The van der Waals surface area contributed by atoms with Gasteiger partial charge in [0.05, 0.1) is 5.75 Å². The zero-order valence-corrected chi connectivity index (χ0v) is 21.4. The third kappa shape index (κ3) is 9.30. The van der Waals surface area contributed by atoms with Gasteiger partial charge in [0.25, 0.3) is 10.1 Å². The predicted octanol–water partition coefficient (Wildman–Crippen LogP) is 6.70. The topological polar surface area (TPSA) is 92.7 Å². The Kier molecular flexibility index (Phi) is 11.1. The van der Waals surface area contributed by atoms with Gasteiger partial charge in [0, 0.05) is 12.5 Å². The van der Waals surface area contributed by atoms with Gasteiger partial charge in [0.1, 0.15) is 6.61 Å². The van der Waals surface area contributed by atoms with E-state index in [-0.39, 0.29) is 17.8 Å². The lowest BCUT2D eigenvalue weighted by Crippen LogP contribution is -2.27. The number of carbonyl (C=O) groups is 1. The molecule has 192 valence electrons. The molecular weight excluding hydrogens is 462 g/mol. The van der Waals surface area contributed by atoms with Crippen LogP contribution in [-0.4, -0.2) is 38.0 Å². The Morgan fingerprint density at radius 2 is 1.20 bits per heavy atom. The second kappa shape index (κ2) is 14.2. The van der Waals surface area contributed by atoms with Crippen molar-refractivity contribution in [3.05, 3.63) is 59.7 Å². The summed E-state index contributed by atoms with van der Waals surface area (Å²) in [6.45, 7) is 0.987. The van der Waals surface area contributed by atoms with E-state index >= 15 is 0 Å². The van der Waals surface area contributed by atoms with Gasteiger partial charge in [-0.1, -0.05) is 106 Å². The summed E-state index contributed by atoms with van der Waals surface area (Å²) in [5, 5.41) is 2.88. The van der Waals surface area contributed by atoms with Crippen LogP contribution in [0.3, 0.4) is 0 Å². The van der Waals surface area contributed by atoms with Crippen LogP contribution in [0.25, 0.3) is 11.1 Å². The van der Waals surface area contributed by atoms with Crippen molar-refractivity contribution >= 4 is 16.2 Å². The van der Waals surface area contributed by atoms with Crippen molar-refractivity contribution in [2.75, 3.05) is 18.9 Å². The van der Waals surface area contributed by atoms with Gasteiger partial charge in [-0.05, 0) is 35.1 Å². The van der Waals surface area contributed by atoms with Crippen LogP contribution in [0.5, 0.6) is 0 Å². The number of benzene rings is 2. The highest BCUT2D eigenvalue weighted by molar-refractivity contribution is 7.85. The lowest BCUT2D eigenvalue weighted by atomic mass is 9.98. The summed E-state index contributed by atoms with van der Waals surface area (Å²) < 4.78 is 35.6. The predicted molar refractivity (Wildman–Crippen MR) is 140 cm³/mol. The third-order valence-corrected chi connectivity index (χ3v) is 7.50. The van der Waals surface area contributed by atoms with E-state index in [0.29, 0.717) is 19.6 Å². The number of carbonyl (C=O) groups excluding carboxylic acids is 1. The standard InChI is InChI=1S/C28H39NO5S/c30-28(29-20-14-8-6-4-2-1-3-5-7-9-15-21-35(31,32)33)34-22-27-25-18-12-10-16-23(25)24-17-11-13-19-26(24)27/h10-13,16-19,27H,1-9,14-15,20-22H2,(H,29,30)(H,31,32,33). The highest BCUT2D eigenvalue weighted by Crippen LogP contribution is 2.44. The summed E-state index contributed by atoms with van der Waals surface area (Å²) in [7, 11) is -3.80. The molecule has 1 aliphatic rings. The fraction of sp³-hybridized carbons (Fsp3) is 0.536. The van der Waals surface area contributed by atoms with E-state index < -0.39 is 10.1 Å². The molecule has 1 amide bonds. The van der Waals surface area contributed by atoms with E-state index in [1.165, 1.54) is 54.4 Å². The zero-order chi connectivity index (χ0) is 24.9. The van der Waals surface area contributed by atoms with Crippen LogP contribution in [0.4, 0.5) is 4.79 Å². The van der Waals surface area contributed by atoms with Crippen molar-refractivity contribution in [2.24, 2.45) is 0 Å². The maximum absolute atomic E-state index is 12.2. The first-order chi connectivity index (χ1) is 17.0. The van der Waals surface area contributed by atoms with E-state index in [4.69, 9.17) is 9.29 Å². The lowest BCUT2D eigenvalue weighted by molar-refractivity contribution is 0.143. The first kappa shape index (κ1) is 27.2. The number of rotatable bonds is 16. The van der Waals surface area contributed by atoms with Crippen molar-refractivity contribution < 1.29 is 22.5 Å². The molecule has 7 heteroatoms. The lowest BCUT2D eigenvalue weighted by Gasteiger charge is -2.14. The molecule has 35 heavy (non-hydrogen) atoms. The summed E-state index contributed by atoms with van der Waals surface area (Å²) >= 11 is 0. The average molecular weight is 502 g/mol. The summed E-state index contributed by atoms with van der Waals surface area (Å²) in [4.78, 5) is 12.2. The van der Waals surface area contributed by atoms with Crippen LogP contribution in [0.1, 0.15) is 87.7 Å². The molecule has 0 bridgehead atoms.